The molecule has 3 heteroatoms. The Bertz CT molecular complexity index is 504. The van der Waals surface area contributed by atoms with Crippen molar-refractivity contribution in [1.29, 1.82) is 0 Å². The summed E-state index contributed by atoms with van der Waals surface area (Å²) in [7, 11) is 0. The summed E-state index contributed by atoms with van der Waals surface area (Å²) < 4.78 is 2.41. The first-order chi connectivity index (χ1) is 9.36. The van der Waals surface area contributed by atoms with Crippen LogP contribution in [0.5, 0.6) is 0 Å². The number of hydrogen-bond donors (Lipinski definition) is 1. The van der Waals surface area contributed by atoms with Gasteiger partial charge in [-0.15, -0.1) is 0 Å². The van der Waals surface area contributed by atoms with E-state index in [0.717, 1.165) is 19.6 Å². The predicted octanol–water partition coefficient (Wildman–Crippen LogP) is 3.89. The third kappa shape index (κ3) is 3.77. The first-order valence-electron chi connectivity index (χ1n) is 7.22. The molecule has 0 bridgehead atoms. The fraction of sp³-hybridized carbons (Fsp3) is 0.500. The van der Waals surface area contributed by atoms with Crippen molar-refractivity contribution in [3.63, 3.8) is 0 Å². The lowest BCUT2D eigenvalue weighted by atomic mass is 10.2. The number of rotatable bonds is 8. The quantitative estimate of drug-likeness (QED) is 0.737. The molecule has 1 aromatic heterocycles. The lowest BCUT2D eigenvalue weighted by Crippen LogP contribution is -2.11. The highest BCUT2D eigenvalue weighted by Crippen LogP contribution is 2.21. The van der Waals surface area contributed by atoms with Crippen molar-refractivity contribution in [3.8, 4) is 0 Å². The molecule has 1 N–H and O–H groups in total. The van der Waals surface area contributed by atoms with Crippen LogP contribution in [-0.2, 0) is 13.1 Å². The Morgan fingerprint density at radius 2 is 2.05 bits per heavy atom. The molecule has 19 heavy (non-hydrogen) atoms. The number of para-hydroxylation sites is 1. The van der Waals surface area contributed by atoms with E-state index in [1.54, 1.807) is 0 Å². The van der Waals surface area contributed by atoms with Gasteiger partial charge in [-0.3, -0.25) is 0 Å². The van der Waals surface area contributed by atoms with Gasteiger partial charge in [-0.25, -0.2) is 0 Å². The van der Waals surface area contributed by atoms with Gasteiger partial charge in [0.05, 0.1) is 0 Å². The van der Waals surface area contributed by atoms with Crippen LogP contribution in [0.2, 0.25) is 0 Å². The molecule has 2 aromatic rings. The first kappa shape index (κ1) is 14.5. The fourth-order valence-electron chi connectivity index (χ4n) is 2.39. The molecule has 0 amide bonds. The van der Waals surface area contributed by atoms with Crippen LogP contribution in [0.4, 0.5) is 0 Å². The van der Waals surface area contributed by atoms with E-state index in [4.69, 9.17) is 0 Å². The molecule has 2 rings (SSSR count). The Morgan fingerprint density at radius 3 is 2.84 bits per heavy atom. The molecule has 1 heterocycles. The minimum absolute atomic E-state index is 0.966. The second-order valence-electron chi connectivity index (χ2n) is 4.70. The van der Waals surface area contributed by atoms with Crippen LogP contribution < -0.4 is 5.32 Å². The molecule has 2 nitrogen and oxygen atoms in total. The van der Waals surface area contributed by atoms with E-state index in [-0.39, 0.29) is 0 Å². The van der Waals surface area contributed by atoms with Gasteiger partial charge in [0.1, 0.15) is 0 Å². The van der Waals surface area contributed by atoms with E-state index in [1.807, 2.05) is 11.8 Å². The maximum absolute atomic E-state index is 3.43. The topological polar surface area (TPSA) is 17.0 Å². The Morgan fingerprint density at radius 1 is 1.21 bits per heavy atom. The second-order valence-corrected chi connectivity index (χ2v) is 6.09. The smallest absolute Gasteiger partial charge is 0.0483 e. The molecule has 0 aliphatic carbocycles. The molecule has 0 saturated carbocycles. The van der Waals surface area contributed by atoms with E-state index in [2.05, 4.69) is 54.2 Å². The highest BCUT2D eigenvalue weighted by atomic mass is 32.2. The molecule has 104 valence electrons. The summed E-state index contributed by atoms with van der Waals surface area (Å²) in [6, 6.07) is 8.74. The molecule has 0 fully saturated rings. The number of aromatic nitrogens is 1. The number of hydrogen-bond acceptors (Lipinski definition) is 2. The molecule has 1 aromatic carbocycles. The van der Waals surface area contributed by atoms with Gasteiger partial charge in [-0.2, -0.15) is 11.8 Å². The van der Waals surface area contributed by atoms with Crippen molar-refractivity contribution in [3.05, 3.63) is 36.0 Å². The highest BCUT2D eigenvalue weighted by Gasteiger charge is 2.07. The summed E-state index contributed by atoms with van der Waals surface area (Å²) in [6.45, 7) is 7.49. The monoisotopic (exact) mass is 276 g/mol. The zero-order valence-corrected chi connectivity index (χ0v) is 12.8. The molecule has 0 atom stereocenters. The summed E-state index contributed by atoms with van der Waals surface area (Å²) in [5, 5.41) is 4.82. The molecular weight excluding hydrogens is 252 g/mol. The average molecular weight is 276 g/mol. The minimum atomic E-state index is 0.966. The predicted molar refractivity (Wildman–Crippen MR) is 86.9 cm³/mol. The Balaban J connectivity index is 2.13. The number of benzene rings is 1. The van der Waals surface area contributed by atoms with Crippen molar-refractivity contribution < 1.29 is 0 Å². The lowest BCUT2D eigenvalue weighted by molar-refractivity contribution is 0.693. The molecule has 0 saturated heterocycles. The SMILES string of the molecule is CCNCc1cn(CCCSCC)c2ccccc12. The normalized spacial score (nSPS) is 11.3. The summed E-state index contributed by atoms with van der Waals surface area (Å²) in [4.78, 5) is 0. The number of thioether (sulfide) groups is 1. The van der Waals surface area contributed by atoms with E-state index in [0.29, 0.717) is 0 Å². The average Bonchev–Trinajstić information content (AvgIpc) is 2.80. The van der Waals surface area contributed by atoms with Crippen LogP contribution in [0, 0.1) is 0 Å². The second kappa shape index (κ2) is 7.61. The van der Waals surface area contributed by atoms with Gasteiger partial charge >= 0.3 is 0 Å². The lowest BCUT2D eigenvalue weighted by Gasteiger charge is -2.04. The third-order valence-electron chi connectivity index (χ3n) is 3.33. The van der Waals surface area contributed by atoms with Crippen molar-refractivity contribution in [1.82, 2.24) is 9.88 Å². The van der Waals surface area contributed by atoms with E-state index in [1.165, 1.54) is 34.4 Å². The number of nitrogens with zero attached hydrogens (tertiary/aromatic N) is 1. The van der Waals surface area contributed by atoms with Crippen molar-refractivity contribution in [2.45, 2.75) is 33.4 Å². The van der Waals surface area contributed by atoms with Gasteiger partial charge in [0, 0.05) is 30.2 Å². The van der Waals surface area contributed by atoms with Crippen LogP contribution in [0.3, 0.4) is 0 Å². The zero-order valence-electron chi connectivity index (χ0n) is 12.0. The fourth-order valence-corrected chi connectivity index (χ4v) is 3.01. The minimum Gasteiger partial charge on any atom is -0.347 e. The van der Waals surface area contributed by atoms with Gasteiger partial charge in [-0.1, -0.05) is 32.0 Å². The van der Waals surface area contributed by atoms with Crippen LogP contribution >= 0.6 is 11.8 Å². The number of nitrogens with one attached hydrogen (secondary N) is 1. The Hall–Kier alpha value is -0.930. The molecule has 0 unspecified atom stereocenters. The summed E-state index contributed by atoms with van der Waals surface area (Å²) in [5.41, 5.74) is 2.79. The Labute approximate surface area is 120 Å². The molecule has 0 aliphatic heterocycles. The Kier molecular flexibility index (Phi) is 5.80. The van der Waals surface area contributed by atoms with Gasteiger partial charge in [0.15, 0.2) is 0 Å². The van der Waals surface area contributed by atoms with Gasteiger partial charge < -0.3 is 9.88 Å². The van der Waals surface area contributed by atoms with Gasteiger partial charge in [0.25, 0.3) is 0 Å². The molecule has 0 spiro atoms. The maximum Gasteiger partial charge on any atom is 0.0483 e. The van der Waals surface area contributed by atoms with E-state index >= 15 is 0 Å². The zero-order chi connectivity index (χ0) is 13.5. The van der Waals surface area contributed by atoms with Crippen LogP contribution in [0.1, 0.15) is 25.8 Å². The first-order valence-corrected chi connectivity index (χ1v) is 8.37. The van der Waals surface area contributed by atoms with Crippen molar-refractivity contribution in [2.75, 3.05) is 18.1 Å². The summed E-state index contributed by atoms with van der Waals surface area (Å²) >= 11 is 2.03. The van der Waals surface area contributed by atoms with E-state index < -0.39 is 0 Å². The standard InChI is InChI=1S/C16H24N2S/c1-3-17-12-14-13-18(10-7-11-19-4-2)16-9-6-5-8-15(14)16/h5-6,8-9,13,17H,3-4,7,10-12H2,1-2H3. The van der Waals surface area contributed by atoms with Crippen LogP contribution in [0.15, 0.2) is 30.5 Å². The van der Waals surface area contributed by atoms with Crippen LogP contribution in [-0.4, -0.2) is 22.6 Å². The van der Waals surface area contributed by atoms with E-state index in [9.17, 15) is 0 Å². The number of aryl methyl sites for hydroxylation is 1. The van der Waals surface area contributed by atoms with Crippen molar-refractivity contribution >= 4 is 22.7 Å². The molecule has 0 radical (unpaired) electrons. The maximum atomic E-state index is 3.43. The number of fused-ring (bicyclic) bond motifs is 1. The van der Waals surface area contributed by atoms with Gasteiger partial charge in [-0.05, 0) is 36.1 Å². The summed E-state index contributed by atoms with van der Waals surface area (Å²) in [6.07, 6.45) is 3.57. The summed E-state index contributed by atoms with van der Waals surface area (Å²) in [5.74, 6) is 2.48. The highest BCUT2D eigenvalue weighted by molar-refractivity contribution is 7.99. The third-order valence-corrected chi connectivity index (χ3v) is 4.31. The largest absolute Gasteiger partial charge is 0.347 e. The van der Waals surface area contributed by atoms with Crippen molar-refractivity contribution in [2.24, 2.45) is 0 Å². The van der Waals surface area contributed by atoms with Gasteiger partial charge in [0.2, 0.25) is 0 Å². The molecular formula is C16H24N2S. The van der Waals surface area contributed by atoms with Crippen LogP contribution in [0.25, 0.3) is 10.9 Å². The molecule has 0 aliphatic rings.